The van der Waals surface area contributed by atoms with Crippen molar-refractivity contribution in [2.75, 3.05) is 13.7 Å². The molecule has 6 nitrogen and oxygen atoms in total. The molecule has 1 rings (SSSR count). The first-order chi connectivity index (χ1) is 12.1. The number of nitrogens with one attached hydrogen (secondary N) is 1. The van der Waals surface area contributed by atoms with Crippen molar-refractivity contribution in [3.63, 3.8) is 0 Å². The first-order valence-electron chi connectivity index (χ1n) is 8.28. The molecule has 26 heavy (non-hydrogen) atoms. The van der Waals surface area contributed by atoms with Gasteiger partial charge in [-0.1, -0.05) is 11.6 Å². The van der Waals surface area contributed by atoms with E-state index < -0.39 is 17.6 Å². The van der Waals surface area contributed by atoms with E-state index >= 15 is 0 Å². The Hall–Kier alpha value is -2.21. The van der Waals surface area contributed by atoms with Crippen LogP contribution in [0, 0.1) is 0 Å². The van der Waals surface area contributed by atoms with E-state index in [0.717, 1.165) is 0 Å². The van der Waals surface area contributed by atoms with Gasteiger partial charge in [-0.3, -0.25) is 4.79 Å². The van der Waals surface area contributed by atoms with E-state index in [9.17, 15) is 9.59 Å². The fourth-order valence-electron chi connectivity index (χ4n) is 2.05. The third-order valence-electron chi connectivity index (χ3n) is 3.11. The van der Waals surface area contributed by atoms with Crippen LogP contribution in [0.2, 0.25) is 5.02 Å². The molecule has 0 saturated heterocycles. The summed E-state index contributed by atoms with van der Waals surface area (Å²) >= 11 is 6.17. The smallest absolute Gasteiger partial charge is 0.331 e. The van der Waals surface area contributed by atoms with Gasteiger partial charge < -0.3 is 19.5 Å². The summed E-state index contributed by atoms with van der Waals surface area (Å²) in [7, 11) is 1.50. The molecule has 0 bridgehead atoms. The zero-order valence-electron chi connectivity index (χ0n) is 16.0. The lowest BCUT2D eigenvalue weighted by Crippen LogP contribution is -2.46. The van der Waals surface area contributed by atoms with Crippen LogP contribution in [0.1, 0.15) is 40.2 Å². The monoisotopic (exact) mass is 383 g/mol. The van der Waals surface area contributed by atoms with E-state index in [0.29, 0.717) is 28.7 Å². The van der Waals surface area contributed by atoms with E-state index in [4.69, 9.17) is 25.8 Å². The summed E-state index contributed by atoms with van der Waals surface area (Å²) in [6, 6.07) is 3.34. The Morgan fingerprint density at radius 1 is 1.31 bits per heavy atom. The standard InChI is InChI=1S/C19H26ClNO5/c1-7-25-15-11-13(10-14(20)17(15)24-6)8-9-16(22)26-12(2)18(23)21-19(3,4)5/h8-12H,7H2,1-6H3,(H,21,23)/b9-8+/t12-/m0/s1. The summed E-state index contributed by atoms with van der Waals surface area (Å²) in [6.45, 7) is 9.36. The van der Waals surface area contributed by atoms with E-state index in [1.807, 2.05) is 27.7 Å². The second-order valence-electron chi connectivity index (χ2n) is 6.62. The van der Waals surface area contributed by atoms with Crippen molar-refractivity contribution in [2.45, 2.75) is 46.3 Å². The molecule has 1 amide bonds. The molecule has 0 aliphatic rings. The average Bonchev–Trinajstić information content (AvgIpc) is 2.51. The molecule has 0 unspecified atom stereocenters. The summed E-state index contributed by atoms with van der Waals surface area (Å²) in [5.74, 6) is -0.0778. The van der Waals surface area contributed by atoms with Crippen LogP contribution in [0.5, 0.6) is 11.5 Å². The number of hydrogen-bond donors (Lipinski definition) is 1. The molecule has 0 spiro atoms. The second-order valence-corrected chi connectivity index (χ2v) is 7.03. The van der Waals surface area contributed by atoms with Gasteiger partial charge in [0.15, 0.2) is 17.6 Å². The Morgan fingerprint density at radius 3 is 2.50 bits per heavy atom. The van der Waals surface area contributed by atoms with Gasteiger partial charge in [0, 0.05) is 11.6 Å². The van der Waals surface area contributed by atoms with E-state index in [1.54, 1.807) is 12.1 Å². The molecule has 0 heterocycles. The zero-order chi connectivity index (χ0) is 19.9. The minimum absolute atomic E-state index is 0.356. The molecular weight excluding hydrogens is 358 g/mol. The number of methoxy groups -OCH3 is 1. The van der Waals surface area contributed by atoms with Crippen LogP contribution in [0.15, 0.2) is 18.2 Å². The van der Waals surface area contributed by atoms with Gasteiger partial charge in [-0.25, -0.2) is 4.79 Å². The van der Waals surface area contributed by atoms with Crippen molar-refractivity contribution in [2.24, 2.45) is 0 Å². The van der Waals surface area contributed by atoms with Crippen LogP contribution in [-0.2, 0) is 14.3 Å². The highest BCUT2D eigenvalue weighted by molar-refractivity contribution is 6.32. The van der Waals surface area contributed by atoms with Gasteiger partial charge in [0.1, 0.15) is 0 Å². The molecule has 1 atom stereocenters. The highest BCUT2D eigenvalue weighted by Gasteiger charge is 2.21. The lowest BCUT2D eigenvalue weighted by molar-refractivity contribution is -0.150. The Kier molecular flexibility index (Phi) is 7.96. The summed E-state index contributed by atoms with van der Waals surface area (Å²) in [5, 5.41) is 3.12. The number of carbonyl (C=O) groups is 2. The number of rotatable bonds is 7. The van der Waals surface area contributed by atoms with Crippen molar-refractivity contribution in [1.29, 1.82) is 0 Å². The Bertz CT molecular complexity index is 679. The third kappa shape index (κ3) is 6.96. The fourth-order valence-corrected chi connectivity index (χ4v) is 2.34. The number of carbonyl (C=O) groups excluding carboxylic acids is 2. The molecule has 7 heteroatoms. The number of hydrogen-bond acceptors (Lipinski definition) is 5. The van der Waals surface area contributed by atoms with Crippen molar-refractivity contribution in [3.8, 4) is 11.5 Å². The van der Waals surface area contributed by atoms with Crippen LogP contribution in [-0.4, -0.2) is 37.2 Å². The highest BCUT2D eigenvalue weighted by atomic mass is 35.5. The second kappa shape index (κ2) is 9.48. The van der Waals surface area contributed by atoms with Crippen LogP contribution < -0.4 is 14.8 Å². The molecule has 0 saturated carbocycles. The molecule has 0 radical (unpaired) electrons. The van der Waals surface area contributed by atoms with Gasteiger partial charge in [0.25, 0.3) is 5.91 Å². The predicted octanol–water partition coefficient (Wildman–Crippen LogP) is 3.61. The van der Waals surface area contributed by atoms with Gasteiger partial charge >= 0.3 is 5.97 Å². The molecular formula is C19H26ClNO5. The Balaban J connectivity index is 2.80. The van der Waals surface area contributed by atoms with E-state index in [1.165, 1.54) is 26.2 Å². The van der Waals surface area contributed by atoms with Crippen LogP contribution >= 0.6 is 11.6 Å². The van der Waals surface area contributed by atoms with Crippen molar-refractivity contribution in [1.82, 2.24) is 5.32 Å². The molecule has 0 aliphatic carbocycles. The van der Waals surface area contributed by atoms with Crippen LogP contribution in [0.25, 0.3) is 6.08 Å². The van der Waals surface area contributed by atoms with E-state index in [-0.39, 0.29) is 5.91 Å². The zero-order valence-corrected chi connectivity index (χ0v) is 16.8. The molecule has 1 aromatic carbocycles. The minimum Gasteiger partial charge on any atom is -0.491 e. The fraction of sp³-hybridized carbons (Fsp3) is 0.474. The number of ether oxygens (including phenoxy) is 3. The van der Waals surface area contributed by atoms with Crippen LogP contribution in [0.3, 0.4) is 0 Å². The predicted molar refractivity (Wildman–Crippen MR) is 102 cm³/mol. The molecule has 0 fully saturated rings. The Morgan fingerprint density at radius 2 is 1.96 bits per heavy atom. The SMILES string of the molecule is CCOc1cc(/C=C/C(=O)O[C@@H](C)C(=O)NC(C)(C)C)cc(Cl)c1OC. The summed E-state index contributed by atoms with van der Waals surface area (Å²) in [4.78, 5) is 23.9. The summed E-state index contributed by atoms with van der Waals surface area (Å²) < 4.78 is 15.8. The highest BCUT2D eigenvalue weighted by Crippen LogP contribution is 2.36. The normalized spacial score (nSPS) is 12.6. The third-order valence-corrected chi connectivity index (χ3v) is 3.39. The average molecular weight is 384 g/mol. The van der Waals surface area contributed by atoms with E-state index in [2.05, 4.69) is 5.32 Å². The lowest BCUT2D eigenvalue weighted by atomic mass is 10.1. The van der Waals surface area contributed by atoms with Gasteiger partial charge in [0.2, 0.25) is 0 Å². The van der Waals surface area contributed by atoms with Gasteiger partial charge in [-0.2, -0.15) is 0 Å². The summed E-state index contributed by atoms with van der Waals surface area (Å²) in [5.41, 5.74) is 0.242. The number of amides is 1. The number of halogens is 1. The molecule has 1 N–H and O–H groups in total. The molecule has 144 valence electrons. The quantitative estimate of drug-likeness (QED) is 0.575. The van der Waals surface area contributed by atoms with Crippen LogP contribution in [0.4, 0.5) is 0 Å². The maximum Gasteiger partial charge on any atom is 0.331 e. The number of esters is 1. The largest absolute Gasteiger partial charge is 0.491 e. The Labute approximate surface area is 159 Å². The lowest BCUT2D eigenvalue weighted by Gasteiger charge is -2.22. The van der Waals surface area contributed by atoms with Gasteiger partial charge in [-0.05, 0) is 58.4 Å². The van der Waals surface area contributed by atoms with Crippen molar-refractivity contribution < 1.29 is 23.8 Å². The first-order valence-corrected chi connectivity index (χ1v) is 8.66. The molecule has 0 aliphatic heterocycles. The van der Waals surface area contributed by atoms with Gasteiger partial charge in [0.05, 0.1) is 18.7 Å². The topological polar surface area (TPSA) is 73.9 Å². The molecule has 1 aromatic rings. The minimum atomic E-state index is -0.898. The summed E-state index contributed by atoms with van der Waals surface area (Å²) in [6.07, 6.45) is 1.86. The van der Waals surface area contributed by atoms with Crippen molar-refractivity contribution in [3.05, 3.63) is 28.8 Å². The maximum atomic E-state index is 11.9. The first kappa shape index (κ1) is 21.8. The van der Waals surface area contributed by atoms with Gasteiger partial charge in [-0.15, -0.1) is 0 Å². The number of benzene rings is 1. The maximum absolute atomic E-state index is 11.9. The van der Waals surface area contributed by atoms with Crippen molar-refractivity contribution >= 4 is 29.6 Å². The molecule has 0 aromatic heterocycles.